The molecule has 2 rings (SSSR count). The van der Waals surface area contributed by atoms with Crippen LogP contribution in [-0.2, 0) is 16.6 Å². The second-order valence-corrected chi connectivity index (χ2v) is 8.17. The van der Waals surface area contributed by atoms with Gasteiger partial charge in [-0.15, -0.1) is 0 Å². The smallest absolute Gasteiger partial charge is 0.242 e. The van der Waals surface area contributed by atoms with E-state index < -0.39 is 10.0 Å². The zero-order valence-electron chi connectivity index (χ0n) is 13.5. The summed E-state index contributed by atoms with van der Waals surface area (Å²) in [6.07, 6.45) is 0. The highest BCUT2D eigenvalue weighted by Gasteiger charge is 2.17. The Balaban J connectivity index is 2.03. The van der Waals surface area contributed by atoms with Crippen molar-refractivity contribution in [3.63, 3.8) is 0 Å². The van der Waals surface area contributed by atoms with E-state index in [0.29, 0.717) is 4.90 Å². The van der Waals surface area contributed by atoms with E-state index in [-0.39, 0.29) is 6.04 Å². The van der Waals surface area contributed by atoms with Gasteiger partial charge < -0.3 is 5.32 Å². The summed E-state index contributed by atoms with van der Waals surface area (Å²) in [4.78, 5) is 0.302. The predicted octanol–water partition coefficient (Wildman–Crippen LogP) is 3.44. The fourth-order valence-electron chi connectivity index (χ4n) is 2.13. The normalized spacial score (nSPS) is 13.3. The Morgan fingerprint density at radius 1 is 1.04 bits per heavy atom. The lowest BCUT2D eigenvalue weighted by Crippen LogP contribution is -2.22. The van der Waals surface area contributed by atoms with E-state index in [1.165, 1.54) is 18.4 Å². The zero-order valence-corrected chi connectivity index (χ0v) is 15.0. The van der Waals surface area contributed by atoms with Crippen LogP contribution in [-0.4, -0.2) is 26.8 Å². The molecule has 2 aromatic rings. The third-order valence-corrected chi connectivity index (χ3v) is 5.77. The Labute approximate surface area is 143 Å². The van der Waals surface area contributed by atoms with Gasteiger partial charge in [0, 0.05) is 31.7 Å². The summed E-state index contributed by atoms with van der Waals surface area (Å²) in [6, 6.07) is 14.8. The van der Waals surface area contributed by atoms with E-state index in [9.17, 15) is 8.42 Å². The van der Waals surface area contributed by atoms with E-state index in [0.717, 1.165) is 22.7 Å². The van der Waals surface area contributed by atoms with E-state index in [2.05, 4.69) is 5.32 Å². The van der Waals surface area contributed by atoms with Crippen molar-refractivity contribution in [2.24, 2.45) is 0 Å². The molecule has 0 saturated heterocycles. The molecule has 4 nitrogen and oxygen atoms in total. The minimum Gasteiger partial charge on any atom is -0.306 e. The van der Waals surface area contributed by atoms with Crippen LogP contribution in [0.2, 0.25) is 5.02 Å². The summed E-state index contributed by atoms with van der Waals surface area (Å²) >= 11 is 5.87. The van der Waals surface area contributed by atoms with Gasteiger partial charge >= 0.3 is 0 Å². The number of halogens is 1. The maximum Gasteiger partial charge on any atom is 0.242 e. The molecule has 6 heteroatoms. The Morgan fingerprint density at radius 2 is 1.61 bits per heavy atom. The molecule has 0 heterocycles. The molecule has 0 spiro atoms. The van der Waals surface area contributed by atoms with E-state index >= 15 is 0 Å². The molecular formula is C17H21ClN2O2S. The summed E-state index contributed by atoms with van der Waals surface area (Å²) in [5, 5.41) is 4.13. The summed E-state index contributed by atoms with van der Waals surface area (Å²) < 4.78 is 25.3. The van der Waals surface area contributed by atoms with Crippen molar-refractivity contribution in [1.29, 1.82) is 0 Å². The molecule has 2 aromatic carbocycles. The molecule has 124 valence electrons. The lowest BCUT2D eigenvalue weighted by Gasteiger charge is -2.16. The van der Waals surface area contributed by atoms with Crippen LogP contribution in [0.15, 0.2) is 53.4 Å². The quantitative estimate of drug-likeness (QED) is 0.866. The molecule has 0 saturated carbocycles. The molecule has 0 bridgehead atoms. The molecule has 0 aliphatic heterocycles. The Kier molecular flexibility index (Phi) is 5.81. The molecule has 0 amide bonds. The number of benzene rings is 2. The minimum absolute atomic E-state index is 0.113. The van der Waals surface area contributed by atoms with Crippen LogP contribution in [0.25, 0.3) is 0 Å². The van der Waals surface area contributed by atoms with Gasteiger partial charge in [-0.05, 0) is 42.3 Å². The van der Waals surface area contributed by atoms with Crippen molar-refractivity contribution in [1.82, 2.24) is 9.62 Å². The lowest BCUT2D eigenvalue weighted by atomic mass is 10.1. The molecule has 23 heavy (non-hydrogen) atoms. The monoisotopic (exact) mass is 352 g/mol. The Morgan fingerprint density at radius 3 is 2.13 bits per heavy atom. The number of nitrogens with zero attached hydrogens (tertiary/aromatic N) is 1. The fraction of sp³-hybridized carbons (Fsp3) is 0.294. The highest BCUT2D eigenvalue weighted by molar-refractivity contribution is 7.89. The van der Waals surface area contributed by atoms with Gasteiger partial charge in [0.1, 0.15) is 0 Å². The van der Waals surface area contributed by atoms with Gasteiger partial charge in [-0.2, -0.15) is 0 Å². The van der Waals surface area contributed by atoms with E-state index in [4.69, 9.17) is 11.6 Å². The van der Waals surface area contributed by atoms with Crippen LogP contribution in [0.3, 0.4) is 0 Å². The predicted molar refractivity (Wildman–Crippen MR) is 94.0 cm³/mol. The summed E-state index contributed by atoms with van der Waals surface area (Å²) in [5.74, 6) is 0. The maximum atomic E-state index is 12.1. The highest BCUT2D eigenvalue weighted by Crippen LogP contribution is 2.19. The van der Waals surface area contributed by atoms with Crippen molar-refractivity contribution in [2.45, 2.75) is 24.4 Å². The van der Waals surface area contributed by atoms with Gasteiger partial charge in [0.05, 0.1) is 4.90 Å². The average Bonchev–Trinajstić information content (AvgIpc) is 2.54. The van der Waals surface area contributed by atoms with Crippen LogP contribution in [0.4, 0.5) is 0 Å². The minimum atomic E-state index is -3.38. The largest absolute Gasteiger partial charge is 0.306 e. The number of rotatable bonds is 6. The van der Waals surface area contributed by atoms with Crippen molar-refractivity contribution < 1.29 is 8.42 Å². The van der Waals surface area contributed by atoms with Gasteiger partial charge in [-0.25, -0.2) is 12.7 Å². The molecule has 0 aliphatic rings. The summed E-state index contributed by atoms with van der Waals surface area (Å²) in [6.45, 7) is 2.77. The van der Waals surface area contributed by atoms with E-state index in [1.807, 2.05) is 43.3 Å². The average molecular weight is 353 g/mol. The highest BCUT2D eigenvalue weighted by atomic mass is 35.5. The van der Waals surface area contributed by atoms with Gasteiger partial charge in [0.15, 0.2) is 0 Å². The molecule has 0 fully saturated rings. The first-order valence-corrected chi connectivity index (χ1v) is 9.13. The summed E-state index contributed by atoms with van der Waals surface area (Å²) in [5.41, 5.74) is 2.18. The molecule has 0 radical (unpaired) electrons. The van der Waals surface area contributed by atoms with E-state index in [1.54, 1.807) is 12.1 Å². The second kappa shape index (κ2) is 7.45. The molecule has 0 aliphatic carbocycles. The van der Waals surface area contributed by atoms with Crippen molar-refractivity contribution in [3.05, 3.63) is 64.7 Å². The molecular weight excluding hydrogens is 332 g/mol. The van der Waals surface area contributed by atoms with Gasteiger partial charge in [-0.3, -0.25) is 0 Å². The van der Waals surface area contributed by atoms with Gasteiger partial charge in [-0.1, -0.05) is 35.9 Å². The first-order chi connectivity index (χ1) is 10.8. The third kappa shape index (κ3) is 4.54. The topological polar surface area (TPSA) is 49.4 Å². The molecule has 1 unspecified atom stereocenters. The fourth-order valence-corrected chi connectivity index (χ4v) is 3.16. The first-order valence-electron chi connectivity index (χ1n) is 7.31. The van der Waals surface area contributed by atoms with Crippen molar-refractivity contribution >= 4 is 21.6 Å². The van der Waals surface area contributed by atoms with Crippen LogP contribution >= 0.6 is 11.6 Å². The van der Waals surface area contributed by atoms with Crippen molar-refractivity contribution in [3.8, 4) is 0 Å². The third-order valence-electron chi connectivity index (χ3n) is 3.68. The Hall–Kier alpha value is -1.40. The second-order valence-electron chi connectivity index (χ2n) is 5.59. The lowest BCUT2D eigenvalue weighted by molar-refractivity contribution is 0.520. The first kappa shape index (κ1) is 17.9. The van der Waals surface area contributed by atoms with Crippen LogP contribution in [0.5, 0.6) is 0 Å². The van der Waals surface area contributed by atoms with Crippen molar-refractivity contribution in [2.75, 3.05) is 14.1 Å². The number of hydrogen-bond donors (Lipinski definition) is 1. The van der Waals surface area contributed by atoms with Gasteiger partial charge in [0.25, 0.3) is 0 Å². The molecule has 1 N–H and O–H groups in total. The Bertz CT molecular complexity index is 741. The number of hydrogen-bond acceptors (Lipinski definition) is 3. The van der Waals surface area contributed by atoms with Crippen LogP contribution in [0.1, 0.15) is 24.1 Å². The number of nitrogens with one attached hydrogen (secondary N) is 1. The van der Waals surface area contributed by atoms with Gasteiger partial charge in [0.2, 0.25) is 10.0 Å². The van der Waals surface area contributed by atoms with Crippen LogP contribution < -0.4 is 5.32 Å². The van der Waals surface area contributed by atoms with Crippen LogP contribution in [0, 0.1) is 0 Å². The SMILES string of the molecule is CC(NCc1ccc(Cl)cc1)c1ccc(S(=O)(=O)N(C)C)cc1. The zero-order chi connectivity index (χ0) is 17.0. The molecule has 0 aromatic heterocycles. The molecule has 1 atom stereocenters. The standard InChI is InChI=1S/C17H21ClN2O2S/c1-13(19-12-14-4-8-16(18)9-5-14)15-6-10-17(11-7-15)23(21,22)20(2)3/h4-11,13,19H,12H2,1-3H3. The summed E-state index contributed by atoms with van der Waals surface area (Å²) in [7, 11) is -0.324. The number of sulfonamides is 1. The maximum absolute atomic E-state index is 12.1.